The molecule has 0 aliphatic heterocycles. The summed E-state index contributed by atoms with van der Waals surface area (Å²) in [4.78, 5) is 2.58. The van der Waals surface area contributed by atoms with Crippen LogP contribution in [0.25, 0.3) is 0 Å². The Bertz CT molecular complexity index is 179. The van der Waals surface area contributed by atoms with Gasteiger partial charge in [-0.3, -0.25) is 4.90 Å². The summed E-state index contributed by atoms with van der Waals surface area (Å²) in [5.74, 6) is 0. The number of hydrogen-bond donors (Lipinski definition) is 1. The molecule has 0 spiro atoms. The van der Waals surface area contributed by atoms with Gasteiger partial charge in [-0.25, -0.2) is 0 Å². The average molecular weight is 242 g/mol. The average Bonchev–Trinajstić information content (AvgIpc) is 2.38. The molecule has 0 aromatic carbocycles. The molecule has 1 N–H and O–H groups in total. The lowest BCUT2D eigenvalue weighted by molar-refractivity contribution is 0.101. The molecule has 1 fully saturated rings. The molecule has 0 aromatic heterocycles. The summed E-state index contributed by atoms with van der Waals surface area (Å²) in [5.41, 5.74) is 0. The summed E-state index contributed by atoms with van der Waals surface area (Å²) >= 11 is 0. The van der Waals surface area contributed by atoms with Gasteiger partial charge in [0.2, 0.25) is 0 Å². The lowest BCUT2D eigenvalue weighted by Crippen LogP contribution is -2.43. The normalized spacial score (nSPS) is 25.4. The third-order valence-corrected chi connectivity index (χ3v) is 3.88. The molecule has 0 aromatic rings. The minimum absolute atomic E-state index is 0.771. The fourth-order valence-corrected chi connectivity index (χ4v) is 2.80. The molecule has 1 aliphatic carbocycles. The molecule has 1 aliphatic rings. The summed E-state index contributed by atoms with van der Waals surface area (Å²) in [6.45, 7) is 8.78. The van der Waals surface area contributed by atoms with Crippen LogP contribution in [0.5, 0.6) is 0 Å². The first-order valence-corrected chi connectivity index (χ1v) is 7.28. The predicted molar refractivity (Wildman–Crippen MR) is 73.5 cm³/mol. The highest BCUT2D eigenvalue weighted by atomic mass is 16.5. The summed E-state index contributed by atoms with van der Waals surface area (Å²) in [5, 5.41) is 3.65. The molecule has 1 rings (SSSR count). The van der Waals surface area contributed by atoms with Crippen molar-refractivity contribution in [2.45, 2.75) is 58.0 Å². The van der Waals surface area contributed by atoms with E-state index in [9.17, 15) is 0 Å². The Morgan fingerprint density at radius 3 is 2.41 bits per heavy atom. The maximum absolute atomic E-state index is 5.19. The molecule has 17 heavy (non-hydrogen) atoms. The second kappa shape index (κ2) is 8.90. The number of ether oxygens (including phenoxy) is 1. The van der Waals surface area contributed by atoms with Crippen LogP contribution in [0.1, 0.15) is 46.0 Å². The van der Waals surface area contributed by atoms with Gasteiger partial charge in [0.05, 0.1) is 6.61 Å². The van der Waals surface area contributed by atoms with E-state index in [0.717, 1.165) is 31.8 Å². The van der Waals surface area contributed by atoms with Gasteiger partial charge in [-0.1, -0.05) is 13.8 Å². The van der Waals surface area contributed by atoms with Gasteiger partial charge in [-0.05, 0) is 45.2 Å². The predicted octanol–water partition coefficient (Wildman–Crippen LogP) is 2.27. The van der Waals surface area contributed by atoms with Crippen LogP contribution < -0.4 is 5.32 Å². The Balaban J connectivity index is 2.24. The van der Waals surface area contributed by atoms with Gasteiger partial charge in [0, 0.05) is 25.7 Å². The largest absolute Gasteiger partial charge is 0.383 e. The SMILES string of the molecule is CCCNC1CCC(N(CC)CCOC)CC1. The van der Waals surface area contributed by atoms with Crippen LogP contribution in [-0.4, -0.2) is 50.3 Å². The van der Waals surface area contributed by atoms with E-state index in [1.54, 1.807) is 7.11 Å². The zero-order chi connectivity index (χ0) is 12.5. The Hall–Kier alpha value is -0.120. The number of hydrogen-bond acceptors (Lipinski definition) is 3. The van der Waals surface area contributed by atoms with Crippen molar-refractivity contribution in [1.29, 1.82) is 0 Å². The fraction of sp³-hybridized carbons (Fsp3) is 1.00. The van der Waals surface area contributed by atoms with Crippen molar-refractivity contribution in [3.8, 4) is 0 Å². The molecule has 0 heterocycles. The molecule has 0 radical (unpaired) electrons. The smallest absolute Gasteiger partial charge is 0.0589 e. The van der Waals surface area contributed by atoms with Crippen LogP contribution in [0.3, 0.4) is 0 Å². The fourth-order valence-electron chi connectivity index (χ4n) is 2.80. The minimum atomic E-state index is 0.771. The summed E-state index contributed by atoms with van der Waals surface area (Å²) in [6, 6.07) is 1.56. The van der Waals surface area contributed by atoms with E-state index in [1.807, 2.05) is 0 Å². The Kier molecular flexibility index (Phi) is 7.82. The zero-order valence-electron chi connectivity index (χ0n) is 11.9. The first kappa shape index (κ1) is 14.9. The molecule has 1 saturated carbocycles. The van der Waals surface area contributed by atoms with Gasteiger partial charge in [0.25, 0.3) is 0 Å². The second-order valence-corrected chi connectivity index (χ2v) is 5.08. The molecule has 0 unspecified atom stereocenters. The molecule has 102 valence electrons. The third-order valence-electron chi connectivity index (χ3n) is 3.88. The number of methoxy groups -OCH3 is 1. The van der Waals surface area contributed by atoms with E-state index in [-0.39, 0.29) is 0 Å². The lowest BCUT2D eigenvalue weighted by atomic mass is 9.90. The molecule has 0 saturated heterocycles. The monoisotopic (exact) mass is 242 g/mol. The number of likely N-dealkylation sites (N-methyl/N-ethyl adjacent to an activating group) is 1. The Morgan fingerprint density at radius 2 is 1.88 bits per heavy atom. The number of nitrogens with one attached hydrogen (secondary N) is 1. The van der Waals surface area contributed by atoms with Gasteiger partial charge in [0.1, 0.15) is 0 Å². The standard InChI is InChI=1S/C14H30N2O/c1-4-10-15-13-6-8-14(9-7-13)16(5-2)11-12-17-3/h13-15H,4-12H2,1-3H3. The summed E-state index contributed by atoms with van der Waals surface area (Å²) in [7, 11) is 1.79. The molecular weight excluding hydrogens is 212 g/mol. The Labute approximate surface area is 107 Å². The van der Waals surface area contributed by atoms with E-state index in [0.29, 0.717) is 0 Å². The van der Waals surface area contributed by atoms with E-state index < -0.39 is 0 Å². The van der Waals surface area contributed by atoms with Crippen LogP contribution in [0, 0.1) is 0 Å². The van der Waals surface area contributed by atoms with Crippen molar-refractivity contribution in [3.63, 3.8) is 0 Å². The van der Waals surface area contributed by atoms with Gasteiger partial charge < -0.3 is 10.1 Å². The van der Waals surface area contributed by atoms with Gasteiger partial charge in [-0.15, -0.1) is 0 Å². The van der Waals surface area contributed by atoms with Crippen molar-refractivity contribution in [2.75, 3.05) is 33.4 Å². The van der Waals surface area contributed by atoms with Crippen LogP contribution in [-0.2, 0) is 4.74 Å². The molecule has 3 nitrogen and oxygen atoms in total. The number of nitrogens with zero attached hydrogens (tertiary/aromatic N) is 1. The zero-order valence-corrected chi connectivity index (χ0v) is 11.9. The van der Waals surface area contributed by atoms with E-state index in [2.05, 4.69) is 24.1 Å². The maximum Gasteiger partial charge on any atom is 0.0589 e. The van der Waals surface area contributed by atoms with Crippen molar-refractivity contribution < 1.29 is 4.74 Å². The highest BCUT2D eigenvalue weighted by molar-refractivity contribution is 4.82. The van der Waals surface area contributed by atoms with E-state index >= 15 is 0 Å². The van der Waals surface area contributed by atoms with Crippen molar-refractivity contribution in [1.82, 2.24) is 10.2 Å². The molecule has 0 bridgehead atoms. The maximum atomic E-state index is 5.19. The van der Waals surface area contributed by atoms with Crippen molar-refractivity contribution >= 4 is 0 Å². The van der Waals surface area contributed by atoms with E-state index in [4.69, 9.17) is 4.74 Å². The Morgan fingerprint density at radius 1 is 1.18 bits per heavy atom. The van der Waals surface area contributed by atoms with Gasteiger partial charge in [-0.2, -0.15) is 0 Å². The lowest BCUT2D eigenvalue weighted by Gasteiger charge is -2.36. The molecule has 0 amide bonds. The first-order chi connectivity index (χ1) is 8.31. The van der Waals surface area contributed by atoms with Crippen LogP contribution in [0.2, 0.25) is 0 Å². The highest BCUT2D eigenvalue weighted by Gasteiger charge is 2.24. The number of rotatable bonds is 8. The van der Waals surface area contributed by atoms with Gasteiger partial charge >= 0.3 is 0 Å². The third kappa shape index (κ3) is 5.36. The second-order valence-electron chi connectivity index (χ2n) is 5.08. The quantitative estimate of drug-likeness (QED) is 0.706. The summed E-state index contributed by atoms with van der Waals surface area (Å²) < 4.78 is 5.19. The molecule has 0 atom stereocenters. The van der Waals surface area contributed by atoms with E-state index in [1.165, 1.54) is 38.6 Å². The van der Waals surface area contributed by atoms with Crippen LogP contribution >= 0.6 is 0 Å². The van der Waals surface area contributed by atoms with Crippen molar-refractivity contribution in [3.05, 3.63) is 0 Å². The van der Waals surface area contributed by atoms with Gasteiger partial charge in [0.15, 0.2) is 0 Å². The molecular formula is C14H30N2O. The van der Waals surface area contributed by atoms with Crippen LogP contribution in [0.4, 0.5) is 0 Å². The van der Waals surface area contributed by atoms with Crippen molar-refractivity contribution in [2.24, 2.45) is 0 Å². The summed E-state index contributed by atoms with van der Waals surface area (Å²) in [6.07, 6.45) is 6.62. The first-order valence-electron chi connectivity index (χ1n) is 7.28. The molecule has 3 heteroatoms. The minimum Gasteiger partial charge on any atom is -0.383 e. The highest BCUT2D eigenvalue weighted by Crippen LogP contribution is 2.23. The topological polar surface area (TPSA) is 24.5 Å². The van der Waals surface area contributed by atoms with Crippen LogP contribution in [0.15, 0.2) is 0 Å².